The van der Waals surface area contributed by atoms with Crippen LogP contribution in [0.2, 0.25) is 5.02 Å². The molecular formula is C23H23ClFN3O2. The molecule has 0 radical (unpaired) electrons. The maximum Gasteiger partial charge on any atom is 0.322 e. The van der Waals surface area contributed by atoms with E-state index in [1.54, 1.807) is 11.0 Å². The number of fused-ring (bicyclic) bond motifs is 3. The van der Waals surface area contributed by atoms with Crippen LogP contribution in [0.4, 0.5) is 14.9 Å². The summed E-state index contributed by atoms with van der Waals surface area (Å²) in [5, 5.41) is 4.31. The molecule has 5 nitrogen and oxygen atoms in total. The Morgan fingerprint density at radius 2 is 2.00 bits per heavy atom. The lowest BCUT2D eigenvalue weighted by Crippen LogP contribution is -2.40. The fourth-order valence-electron chi connectivity index (χ4n) is 4.18. The Morgan fingerprint density at radius 3 is 2.70 bits per heavy atom. The molecular weight excluding hydrogens is 405 g/mol. The molecule has 30 heavy (non-hydrogen) atoms. The highest BCUT2D eigenvalue weighted by atomic mass is 35.5. The maximum absolute atomic E-state index is 13.5. The Labute approximate surface area is 178 Å². The second kappa shape index (κ2) is 8.11. The summed E-state index contributed by atoms with van der Waals surface area (Å²) < 4.78 is 13.5. The van der Waals surface area contributed by atoms with Crippen LogP contribution in [0.25, 0.3) is 10.8 Å². The standard InChI is InChI=1S/C23H23ClFN3O2/c1-13(2)12-28(23(30)26-14-7-8-18(25)17(24)11-14)20-10-9-19-21(20)15-5-3-4-6-16(15)22(29)27-19/h3-8,11,13,20H,9-10,12H2,1-2H3,(H,26,30)(H,27,29)/t20-/m0/s1. The third kappa shape index (κ3) is 3.79. The van der Waals surface area contributed by atoms with Gasteiger partial charge in [-0.3, -0.25) is 4.79 Å². The molecule has 2 amide bonds. The van der Waals surface area contributed by atoms with Crippen molar-refractivity contribution in [2.24, 2.45) is 5.92 Å². The minimum absolute atomic E-state index is 0.0435. The molecule has 0 saturated heterocycles. The summed E-state index contributed by atoms with van der Waals surface area (Å²) in [6, 6.07) is 11.2. The number of pyridine rings is 1. The number of nitrogens with zero attached hydrogens (tertiary/aromatic N) is 1. The fraction of sp³-hybridized carbons (Fsp3) is 0.304. The molecule has 1 heterocycles. The highest BCUT2D eigenvalue weighted by Gasteiger charge is 2.34. The molecule has 1 aromatic heterocycles. The van der Waals surface area contributed by atoms with Crippen LogP contribution in [-0.2, 0) is 6.42 Å². The fourth-order valence-corrected chi connectivity index (χ4v) is 4.36. The van der Waals surface area contributed by atoms with E-state index in [0.29, 0.717) is 24.0 Å². The molecule has 2 N–H and O–H groups in total. The zero-order chi connectivity index (χ0) is 21.4. The summed E-state index contributed by atoms with van der Waals surface area (Å²) in [6.45, 7) is 4.64. The van der Waals surface area contributed by atoms with E-state index in [-0.39, 0.29) is 28.6 Å². The first-order chi connectivity index (χ1) is 14.3. The van der Waals surface area contributed by atoms with Crippen molar-refractivity contribution < 1.29 is 9.18 Å². The predicted molar refractivity (Wildman–Crippen MR) is 118 cm³/mol. The van der Waals surface area contributed by atoms with Crippen molar-refractivity contribution in [3.8, 4) is 0 Å². The molecule has 3 aromatic rings. The second-order valence-corrected chi connectivity index (χ2v) is 8.46. The molecule has 0 fully saturated rings. The first-order valence-electron chi connectivity index (χ1n) is 10.0. The van der Waals surface area contributed by atoms with Gasteiger partial charge in [0.25, 0.3) is 5.56 Å². The van der Waals surface area contributed by atoms with Crippen molar-refractivity contribution in [3.05, 3.63) is 74.9 Å². The largest absolute Gasteiger partial charge is 0.325 e. The summed E-state index contributed by atoms with van der Waals surface area (Å²) in [5.41, 5.74) is 2.21. The molecule has 0 spiro atoms. The Hall–Kier alpha value is -2.86. The van der Waals surface area contributed by atoms with Crippen LogP contribution in [-0.4, -0.2) is 22.5 Å². The summed E-state index contributed by atoms with van der Waals surface area (Å²) in [6.07, 6.45) is 1.42. The number of benzene rings is 2. The smallest absolute Gasteiger partial charge is 0.322 e. The number of hydrogen-bond donors (Lipinski definition) is 2. The summed E-state index contributed by atoms with van der Waals surface area (Å²) >= 11 is 5.86. The highest BCUT2D eigenvalue weighted by molar-refractivity contribution is 6.31. The van der Waals surface area contributed by atoms with Gasteiger partial charge in [-0.1, -0.05) is 43.6 Å². The van der Waals surface area contributed by atoms with E-state index in [1.165, 1.54) is 18.2 Å². The number of rotatable bonds is 4. The van der Waals surface area contributed by atoms with Crippen molar-refractivity contribution in [2.45, 2.75) is 32.7 Å². The van der Waals surface area contributed by atoms with Crippen LogP contribution in [0.1, 0.15) is 37.6 Å². The van der Waals surface area contributed by atoms with E-state index in [4.69, 9.17) is 11.6 Å². The number of hydrogen-bond acceptors (Lipinski definition) is 2. The van der Waals surface area contributed by atoms with Gasteiger partial charge in [-0.25, -0.2) is 9.18 Å². The van der Waals surface area contributed by atoms with E-state index in [9.17, 15) is 14.0 Å². The number of nitrogens with one attached hydrogen (secondary N) is 2. The lowest BCUT2D eigenvalue weighted by molar-refractivity contribution is 0.178. The van der Waals surface area contributed by atoms with Crippen LogP contribution < -0.4 is 10.9 Å². The first kappa shape index (κ1) is 20.4. The molecule has 1 aliphatic rings. The summed E-state index contributed by atoms with van der Waals surface area (Å²) in [4.78, 5) is 30.5. The Morgan fingerprint density at radius 1 is 1.27 bits per heavy atom. The minimum atomic E-state index is -0.533. The van der Waals surface area contributed by atoms with Gasteiger partial charge in [0.15, 0.2) is 0 Å². The number of carbonyl (C=O) groups is 1. The molecule has 156 valence electrons. The third-order valence-corrected chi connectivity index (χ3v) is 5.71. The van der Waals surface area contributed by atoms with Crippen LogP contribution in [0.3, 0.4) is 0 Å². The number of halogens is 2. The van der Waals surface area contributed by atoms with E-state index in [2.05, 4.69) is 24.1 Å². The monoisotopic (exact) mass is 427 g/mol. The molecule has 7 heteroatoms. The molecule has 1 aliphatic carbocycles. The second-order valence-electron chi connectivity index (χ2n) is 8.05. The average Bonchev–Trinajstić information content (AvgIpc) is 3.12. The molecule has 2 aromatic carbocycles. The van der Waals surface area contributed by atoms with E-state index in [1.807, 2.05) is 18.2 Å². The van der Waals surface area contributed by atoms with Crippen LogP contribution in [0, 0.1) is 11.7 Å². The number of aromatic nitrogens is 1. The van der Waals surface area contributed by atoms with Crippen molar-refractivity contribution in [2.75, 3.05) is 11.9 Å². The molecule has 1 atom stereocenters. The number of H-pyrrole nitrogens is 1. The van der Waals surface area contributed by atoms with Gasteiger partial charge in [-0.05, 0) is 48.4 Å². The van der Waals surface area contributed by atoms with Crippen molar-refractivity contribution in [3.63, 3.8) is 0 Å². The zero-order valence-corrected chi connectivity index (χ0v) is 17.6. The van der Waals surface area contributed by atoms with Crippen molar-refractivity contribution in [1.29, 1.82) is 0 Å². The Balaban J connectivity index is 1.72. The first-order valence-corrected chi connectivity index (χ1v) is 10.4. The van der Waals surface area contributed by atoms with Crippen LogP contribution >= 0.6 is 11.6 Å². The van der Waals surface area contributed by atoms with E-state index < -0.39 is 5.82 Å². The van der Waals surface area contributed by atoms with Gasteiger partial charge >= 0.3 is 6.03 Å². The lowest BCUT2D eigenvalue weighted by Gasteiger charge is -2.32. The molecule has 0 aliphatic heterocycles. The molecule has 4 rings (SSSR count). The van der Waals surface area contributed by atoms with Gasteiger partial charge in [0.2, 0.25) is 0 Å². The predicted octanol–water partition coefficient (Wildman–Crippen LogP) is 5.50. The normalized spacial score (nSPS) is 15.4. The number of carbonyl (C=O) groups excluding carboxylic acids is 1. The van der Waals surface area contributed by atoms with Crippen molar-refractivity contribution >= 4 is 34.1 Å². The third-order valence-electron chi connectivity index (χ3n) is 5.42. The minimum Gasteiger partial charge on any atom is -0.325 e. The quantitative estimate of drug-likeness (QED) is 0.577. The van der Waals surface area contributed by atoms with E-state index in [0.717, 1.165) is 23.1 Å². The number of aromatic amines is 1. The highest BCUT2D eigenvalue weighted by Crippen LogP contribution is 2.39. The van der Waals surface area contributed by atoms with E-state index >= 15 is 0 Å². The number of anilines is 1. The number of aryl methyl sites for hydroxylation is 1. The molecule has 0 unspecified atom stereocenters. The summed E-state index contributed by atoms with van der Waals surface area (Å²) in [7, 11) is 0. The number of urea groups is 1. The van der Waals surface area contributed by atoms with Gasteiger partial charge in [-0.2, -0.15) is 0 Å². The zero-order valence-electron chi connectivity index (χ0n) is 16.8. The average molecular weight is 428 g/mol. The van der Waals surface area contributed by atoms with Gasteiger partial charge in [-0.15, -0.1) is 0 Å². The Kier molecular flexibility index (Phi) is 5.52. The van der Waals surface area contributed by atoms with Crippen molar-refractivity contribution in [1.82, 2.24) is 9.88 Å². The van der Waals surface area contributed by atoms with Gasteiger partial charge in [0.1, 0.15) is 5.82 Å². The van der Waals surface area contributed by atoms with Crippen LogP contribution in [0.15, 0.2) is 47.3 Å². The van der Waals surface area contributed by atoms with Crippen LogP contribution in [0.5, 0.6) is 0 Å². The molecule has 0 bridgehead atoms. The topological polar surface area (TPSA) is 65.2 Å². The van der Waals surface area contributed by atoms with Gasteiger partial charge in [0, 0.05) is 28.9 Å². The maximum atomic E-state index is 13.5. The molecule has 0 saturated carbocycles. The van der Waals surface area contributed by atoms with Gasteiger partial charge < -0.3 is 15.2 Å². The number of amides is 2. The SMILES string of the molecule is CC(C)CN(C(=O)Nc1ccc(F)c(Cl)c1)[C@H]1CCc2[nH]c(=O)c3ccccc3c21. The Bertz CT molecular complexity index is 1170. The lowest BCUT2D eigenvalue weighted by atomic mass is 10.0. The summed E-state index contributed by atoms with van der Waals surface area (Å²) in [5.74, 6) is -0.292. The van der Waals surface area contributed by atoms with Gasteiger partial charge in [0.05, 0.1) is 11.1 Å².